The molecule has 2 atom stereocenters. The smallest absolute Gasteiger partial charge is 0.335 e. The summed E-state index contributed by atoms with van der Waals surface area (Å²) in [5.74, 6) is 0.544. The minimum Gasteiger partial charge on any atom is -0.335 e. The Hall–Kier alpha value is -2.78. The predicted molar refractivity (Wildman–Crippen MR) is 86.5 cm³/mol. The lowest BCUT2D eigenvalue weighted by Gasteiger charge is -2.25. The van der Waals surface area contributed by atoms with Gasteiger partial charge in [-0.3, -0.25) is 4.57 Å². The summed E-state index contributed by atoms with van der Waals surface area (Å²) in [7, 11) is 0. The zero-order valence-corrected chi connectivity index (χ0v) is 13.9. The fraction of sp³-hybridized carbons (Fsp3) is 0.438. The van der Waals surface area contributed by atoms with Crippen molar-refractivity contribution in [3.63, 3.8) is 0 Å². The van der Waals surface area contributed by atoms with Crippen molar-refractivity contribution < 1.29 is 18.0 Å². The van der Waals surface area contributed by atoms with E-state index in [-0.39, 0.29) is 17.3 Å². The minimum atomic E-state index is -4.49. The molecule has 0 saturated carbocycles. The third-order valence-corrected chi connectivity index (χ3v) is 4.38. The fourth-order valence-corrected chi connectivity index (χ4v) is 3.10. The summed E-state index contributed by atoms with van der Waals surface area (Å²) in [6.45, 7) is 1.92. The standard InChI is InChI=1S/C16H18F3N5O2/c1-9(11-4-2-3-5-12(11)16(17,18)19)20-14(25)21-10-6-7-24-13(8-10)22-23-15(24)26/h2-5,9-10H,6-8H2,1H3,(H,23,26)(H2,20,21,25). The van der Waals surface area contributed by atoms with Gasteiger partial charge in [0.15, 0.2) is 0 Å². The summed E-state index contributed by atoms with van der Waals surface area (Å²) in [5, 5.41) is 11.5. The van der Waals surface area contributed by atoms with Crippen LogP contribution in [0.3, 0.4) is 0 Å². The molecule has 0 fully saturated rings. The van der Waals surface area contributed by atoms with E-state index >= 15 is 0 Å². The maximum atomic E-state index is 13.1. The Morgan fingerprint density at radius 2 is 2.12 bits per heavy atom. The maximum Gasteiger partial charge on any atom is 0.416 e. The lowest BCUT2D eigenvalue weighted by atomic mass is 10.0. The summed E-state index contributed by atoms with van der Waals surface area (Å²) in [6, 6.07) is 3.51. The van der Waals surface area contributed by atoms with Crippen LogP contribution in [0.15, 0.2) is 29.1 Å². The Labute approximate surface area is 146 Å². The molecule has 140 valence electrons. The number of carbonyl (C=O) groups is 1. The number of aromatic amines is 1. The van der Waals surface area contributed by atoms with E-state index in [2.05, 4.69) is 20.8 Å². The SMILES string of the molecule is CC(NC(=O)NC1CCn2c(n[nH]c2=O)C1)c1ccccc1C(F)(F)F. The number of halogens is 3. The molecule has 26 heavy (non-hydrogen) atoms. The molecule has 0 spiro atoms. The number of H-pyrrole nitrogens is 1. The summed E-state index contributed by atoms with van der Waals surface area (Å²) < 4.78 is 40.8. The summed E-state index contributed by atoms with van der Waals surface area (Å²) in [5.41, 5.74) is -1.06. The number of hydrogen-bond donors (Lipinski definition) is 3. The van der Waals surface area contributed by atoms with Crippen LogP contribution >= 0.6 is 0 Å². The third kappa shape index (κ3) is 3.73. The van der Waals surface area contributed by atoms with Crippen molar-refractivity contribution in [1.82, 2.24) is 25.4 Å². The van der Waals surface area contributed by atoms with Crippen LogP contribution in [0.1, 0.15) is 36.3 Å². The molecule has 2 heterocycles. The van der Waals surface area contributed by atoms with E-state index in [0.717, 1.165) is 6.07 Å². The summed E-state index contributed by atoms with van der Waals surface area (Å²) >= 11 is 0. The third-order valence-electron chi connectivity index (χ3n) is 4.38. The Bertz CT molecular complexity index is 858. The van der Waals surface area contributed by atoms with Gasteiger partial charge in [-0.05, 0) is 25.0 Å². The second-order valence-electron chi connectivity index (χ2n) is 6.21. The van der Waals surface area contributed by atoms with Gasteiger partial charge in [-0.25, -0.2) is 14.7 Å². The molecular formula is C16H18F3N5O2. The van der Waals surface area contributed by atoms with Gasteiger partial charge in [0.25, 0.3) is 0 Å². The first-order chi connectivity index (χ1) is 12.3. The maximum absolute atomic E-state index is 13.1. The average Bonchev–Trinajstić information content (AvgIpc) is 2.94. The number of fused-ring (bicyclic) bond motifs is 1. The Morgan fingerprint density at radius 3 is 2.85 bits per heavy atom. The van der Waals surface area contributed by atoms with Gasteiger partial charge in [0.05, 0.1) is 11.6 Å². The van der Waals surface area contributed by atoms with E-state index in [1.807, 2.05) is 0 Å². The predicted octanol–water partition coefficient (Wildman–Crippen LogP) is 1.97. The van der Waals surface area contributed by atoms with E-state index in [1.165, 1.54) is 29.7 Å². The van der Waals surface area contributed by atoms with E-state index < -0.39 is 23.8 Å². The second kappa shape index (κ2) is 6.85. The van der Waals surface area contributed by atoms with Gasteiger partial charge < -0.3 is 10.6 Å². The van der Waals surface area contributed by atoms with Gasteiger partial charge in [0, 0.05) is 19.0 Å². The Morgan fingerprint density at radius 1 is 1.38 bits per heavy atom. The van der Waals surface area contributed by atoms with E-state index in [4.69, 9.17) is 0 Å². The minimum absolute atomic E-state index is 0.0000612. The van der Waals surface area contributed by atoms with E-state index in [9.17, 15) is 22.8 Å². The van der Waals surface area contributed by atoms with Crippen LogP contribution in [-0.2, 0) is 19.1 Å². The monoisotopic (exact) mass is 369 g/mol. The van der Waals surface area contributed by atoms with Crippen LogP contribution in [0.5, 0.6) is 0 Å². The fourth-order valence-electron chi connectivity index (χ4n) is 3.10. The van der Waals surface area contributed by atoms with Gasteiger partial charge >= 0.3 is 17.9 Å². The highest BCUT2D eigenvalue weighted by Crippen LogP contribution is 2.34. The van der Waals surface area contributed by atoms with E-state index in [1.54, 1.807) is 0 Å². The molecule has 0 bridgehead atoms. The first-order valence-electron chi connectivity index (χ1n) is 8.13. The number of nitrogens with one attached hydrogen (secondary N) is 3. The molecule has 3 rings (SSSR count). The van der Waals surface area contributed by atoms with Crippen molar-refractivity contribution >= 4 is 6.03 Å². The van der Waals surface area contributed by atoms with Crippen LogP contribution in [0, 0.1) is 0 Å². The number of hydrogen-bond acceptors (Lipinski definition) is 3. The molecule has 2 unspecified atom stereocenters. The molecule has 7 nitrogen and oxygen atoms in total. The lowest BCUT2D eigenvalue weighted by Crippen LogP contribution is -2.46. The summed E-state index contributed by atoms with van der Waals surface area (Å²) in [6.07, 6.45) is -3.58. The second-order valence-corrected chi connectivity index (χ2v) is 6.21. The molecule has 2 amide bonds. The normalized spacial score (nSPS) is 18.1. The zero-order chi connectivity index (χ0) is 18.9. The van der Waals surface area contributed by atoms with Crippen molar-refractivity contribution in [2.24, 2.45) is 0 Å². The molecule has 1 aliphatic rings. The molecule has 1 aromatic carbocycles. The van der Waals surface area contributed by atoms with Crippen molar-refractivity contribution in [3.05, 3.63) is 51.7 Å². The lowest BCUT2D eigenvalue weighted by molar-refractivity contribution is -0.138. The molecule has 0 radical (unpaired) electrons. The number of carbonyl (C=O) groups excluding carboxylic acids is 1. The van der Waals surface area contributed by atoms with Crippen LogP contribution in [0.25, 0.3) is 0 Å². The molecule has 10 heteroatoms. The van der Waals surface area contributed by atoms with Crippen LogP contribution < -0.4 is 16.3 Å². The van der Waals surface area contributed by atoms with E-state index in [0.29, 0.717) is 25.2 Å². The van der Waals surface area contributed by atoms with Crippen LogP contribution in [0.2, 0.25) is 0 Å². The highest BCUT2D eigenvalue weighted by atomic mass is 19.4. The van der Waals surface area contributed by atoms with Gasteiger partial charge in [0.2, 0.25) is 0 Å². The van der Waals surface area contributed by atoms with Crippen molar-refractivity contribution in [3.8, 4) is 0 Å². The molecular weight excluding hydrogens is 351 g/mol. The van der Waals surface area contributed by atoms with Crippen LogP contribution in [0.4, 0.5) is 18.0 Å². The molecule has 0 saturated heterocycles. The summed E-state index contributed by atoms with van der Waals surface area (Å²) in [4.78, 5) is 23.6. The zero-order valence-electron chi connectivity index (χ0n) is 13.9. The first kappa shape index (κ1) is 18.0. The van der Waals surface area contributed by atoms with Crippen LogP contribution in [-0.4, -0.2) is 26.8 Å². The Kier molecular flexibility index (Phi) is 4.75. The number of nitrogens with zero attached hydrogens (tertiary/aromatic N) is 2. The average molecular weight is 369 g/mol. The molecule has 1 aliphatic heterocycles. The molecule has 3 N–H and O–H groups in total. The molecule has 0 aliphatic carbocycles. The number of aromatic nitrogens is 3. The number of alkyl halides is 3. The number of benzene rings is 1. The Balaban J connectivity index is 1.63. The largest absolute Gasteiger partial charge is 0.416 e. The van der Waals surface area contributed by atoms with Crippen molar-refractivity contribution in [2.75, 3.05) is 0 Å². The van der Waals surface area contributed by atoms with Crippen molar-refractivity contribution in [2.45, 2.75) is 44.6 Å². The van der Waals surface area contributed by atoms with Crippen molar-refractivity contribution in [1.29, 1.82) is 0 Å². The highest BCUT2D eigenvalue weighted by molar-refractivity contribution is 5.74. The molecule has 1 aromatic heterocycles. The number of urea groups is 1. The van der Waals surface area contributed by atoms with Gasteiger partial charge in [0.1, 0.15) is 5.82 Å². The van der Waals surface area contributed by atoms with Gasteiger partial charge in [-0.2, -0.15) is 18.3 Å². The quantitative estimate of drug-likeness (QED) is 0.772. The highest BCUT2D eigenvalue weighted by Gasteiger charge is 2.34. The topological polar surface area (TPSA) is 91.8 Å². The first-order valence-corrected chi connectivity index (χ1v) is 8.13. The number of rotatable bonds is 3. The number of amides is 2. The molecule has 2 aromatic rings. The van der Waals surface area contributed by atoms with Gasteiger partial charge in [-0.15, -0.1) is 0 Å². The van der Waals surface area contributed by atoms with Gasteiger partial charge in [-0.1, -0.05) is 18.2 Å².